The third kappa shape index (κ3) is 3.41. The van der Waals surface area contributed by atoms with Crippen LogP contribution >= 0.6 is 0 Å². The highest BCUT2D eigenvalue weighted by Crippen LogP contribution is 2.33. The number of alkyl halides is 3. The third-order valence-corrected chi connectivity index (χ3v) is 3.62. The molecule has 2 aliphatic rings. The number of hydrogen-bond acceptors (Lipinski definition) is 3. The molecular formula is C13H19F3N2O3. The SMILES string of the molecule is CC(C)(C)OC(=O)N1[C@@H]2CC[C@@H]1CN(C(=O)C(F)(F)F)C2. The Morgan fingerprint density at radius 3 is 1.90 bits per heavy atom. The number of halogens is 3. The molecule has 2 saturated heterocycles. The van der Waals surface area contributed by atoms with Gasteiger partial charge in [-0.3, -0.25) is 9.69 Å². The molecule has 5 nitrogen and oxygen atoms in total. The minimum atomic E-state index is -4.87. The molecule has 120 valence electrons. The van der Waals surface area contributed by atoms with E-state index in [1.165, 1.54) is 4.90 Å². The van der Waals surface area contributed by atoms with Gasteiger partial charge in [0.25, 0.3) is 0 Å². The van der Waals surface area contributed by atoms with Gasteiger partial charge >= 0.3 is 18.2 Å². The molecule has 0 N–H and O–H groups in total. The van der Waals surface area contributed by atoms with Crippen molar-refractivity contribution >= 4 is 12.0 Å². The number of likely N-dealkylation sites (tertiary alicyclic amines) is 1. The van der Waals surface area contributed by atoms with Gasteiger partial charge in [0.15, 0.2) is 0 Å². The van der Waals surface area contributed by atoms with Crippen LogP contribution in [0.15, 0.2) is 0 Å². The van der Waals surface area contributed by atoms with Gasteiger partial charge in [0, 0.05) is 13.1 Å². The van der Waals surface area contributed by atoms with Crippen LogP contribution in [0.2, 0.25) is 0 Å². The molecule has 0 saturated carbocycles. The van der Waals surface area contributed by atoms with E-state index in [9.17, 15) is 22.8 Å². The van der Waals surface area contributed by atoms with Crippen LogP contribution < -0.4 is 0 Å². The summed E-state index contributed by atoms with van der Waals surface area (Å²) in [5, 5.41) is 0. The van der Waals surface area contributed by atoms with Crippen LogP contribution in [0.1, 0.15) is 33.6 Å². The molecule has 0 aromatic rings. The molecule has 0 aromatic carbocycles. The highest BCUT2D eigenvalue weighted by molar-refractivity contribution is 5.82. The normalized spacial score (nSPS) is 26.0. The summed E-state index contributed by atoms with van der Waals surface area (Å²) in [6, 6.07) is -0.796. The first-order chi connectivity index (χ1) is 9.49. The van der Waals surface area contributed by atoms with Crippen molar-refractivity contribution in [3.05, 3.63) is 0 Å². The predicted octanol–water partition coefficient (Wildman–Crippen LogP) is 2.16. The quantitative estimate of drug-likeness (QED) is 0.689. The molecule has 2 fully saturated rings. The Labute approximate surface area is 121 Å². The summed E-state index contributed by atoms with van der Waals surface area (Å²) < 4.78 is 42.8. The highest BCUT2D eigenvalue weighted by Gasteiger charge is 2.50. The standard InChI is InChI=1S/C13H19F3N2O3/c1-12(2,3)21-11(20)18-8-4-5-9(18)7-17(6-8)10(19)13(14,15)16/h8-9H,4-7H2,1-3H3/t8-,9-/m1/s1. The number of amides is 2. The zero-order valence-corrected chi connectivity index (χ0v) is 12.2. The number of carbonyl (C=O) groups excluding carboxylic acids is 2. The maximum absolute atomic E-state index is 12.5. The Bertz CT molecular complexity index is 431. The highest BCUT2D eigenvalue weighted by atomic mass is 19.4. The van der Waals surface area contributed by atoms with E-state index in [2.05, 4.69) is 0 Å². The molecule has 8 heteroatoms. The van der Waals surface area contributed by atoms with E-state index in [0.717, 1.165) is 4.90 Å². The predicted molar refractivity (Wildman–Crippen MR) is 67.5 cm³/mol. The summed E-state index contributed by atoms with van der Waals surface area (Å²) in [5.74, 6) is -1.83. The number of ether oxygens (including phenoxy) is 1. The fourth-order valence-electron chi connectivity index (χ4n) is 2.86. The van der Waals surface area contributed by atoms with Gasteiger partial charge in [0.1, 0.15) is 5.60 Å². The maximum Gasteiger partial charge on any atom is 0.471 e. The van der Waals surface area contributed by atoms with E-state index in [0.29, 0.717) is 12.8 Å². The van der Waals surface area contributed by atoms with E-state index < -0.39 is 35.9 Å². The molecule has 2 aliphatic heterocycles. The lowest BCUT2D eigenvalue weighted by atomic mass is 10.2. The topological polar surface area (TPSA) is 49.9 Å². The molecule has 2 heterocycles. The smallest absolute Gasteiger partial charge is 0.444 e. The molecular weight excluding hydrogens is 289 g/mol. The second-order valence-corrected chi connectivity index (χ2v) is 6.48. The largest absolute Gasteiger partial charge is 0.471 e. The number of rotatable bonds is 0. The zero-order valence-electron chi connectivity index (χ0n) is 12.2. The molecule has 2 rings (SSSR count). The van der Waals surface area contributed by atoms with Crippen LogP contribution in [0.3, 0.4) is 0 Å². The lowest BCUT2D eigenvalue weighted by Crippen LogP contribution is -2.59. The van der Waals surface area contributed by atoms with Gasteiger partial charge in [-0.15, -0.1) is 0 Å². The van der Waals surface area contributed by atoms with Crippen molar-refractivity contribution in [1.82, 2.24) is 9.80 Å². The van der Waals surface area contributed by atoms with Crippen LogP contribution in [0.25, 0.3) is 0 Å². The third-order valence-electron chi connectivity index (χ3n) is 3.62. The molecule has 21 heavy (non-hydrogen) atoms. The van der Waals surface area contributed by atoms with Crippen LogP contribution in [0, 0.1) is 0 Å². The van der Waals surface area contributed by atoms with Crippen LogP contribution in [0.5, 0.6) is 0 Å². The Morgan fingerprint density at radius 1 is 1.05 bits per heavy atom. The number of nitrogens with zero attached hydrogens (tertiary/aromatic N) is 2. The molecule has 2 atom stereocenters. The van der Waals surface area contributed by atoms with Crippen molar-refractivity contribution in [3.8, 4) is 0 Å². The molecule has 0 aromatic heterocycles. The van der Waals surface area contributed by atoms with E-state index in [4.69, 9.17) is 4.74 Å². The Balaban J connectivity index is 2.06. The van der Waals surface area contributed by atoms with Gasteiger partial charge in [-0.1, -0.05) is 0 Å². The average molecular weight is 308 g/mol. The second kappa shape index (κ2) is 5.06. The van der Waals surface area contributed by atoms with Gasteiger partial charge in [-0.2, -0.15) is 13.2 Å². The maximum atomic E-state index is 12.5. The van der Waals surface area contributed by atoms with Gasteiger partial charge in [-0.25, -0.2) is 4.79 Å². The van der Waals surface area contributed by atoms with Gasteiger partial charge in [0.05, 0.1) is 12.1 Å². The number of hydrogen-bond donors (Lipinski definition) is 0. The number of piperazine rings is 1. The summed E-state index contributed by atoms with van der Waals surface area (Å²) in [4.78, 5) is 25.7. The van der Waals surface area contributed by atoms with Crippen molar-refractivity contribution in [3.63, 3.8) is 0 Å². The summed E-state index contributed by atoms with van der Waals surface area (Å²) >= 11 is 0. The van der Waals surface area contributed by atoms with E-state index in [-0.39, 0.29) is 13.1 Å². The van der Waals surface area contributed by atoms with Crippen molar-refractivity contribution in [2.24, 2.45) is 0 Å². The zero-order chi connectivity index (χ0) is 16.0. The molecule has 2 amide bonds. The van der Waals surface area contributed by atoms with Crippen molar-refractivity contribution in [2.45, 2.75) is 57.5 Å². The summed E-state index contributed by atoms with van der Waals surface area (Å²) in [7, 11) is 0. The minimum Gasteiger partial charge on any atom is -0.444 e. The Morgan fingerprint density at radius 2 is 1.52 bits per heavy atom. The first kappa shape index (κ1) is 15.9. The first-order valence-corrected chi connectivity index (χ1v) is 6.86. The lowest BCUT2D eigenvalue weighted by molar-refractivity contribution is -0.188. The summed E-state index contributed by atoms with van der Waals surface area (Å²) in [6.07, 6.45) is -4.21. The molecule has 2 bridgehead atoms. The van der Waals surface area contributed by atoms with Crippen molar-refractivity contribution in [2.75, 3.05) is 13.1 Å². The van der Waals surface area contributed by atoms with Gasteiger partial charge < -0.3 is 9.64 Å². The van der Waals surface area contributed by atoms with Gasteiger partial charge in [-0.05, 0) is 33.6 Å². The number of carbonyl (C=O) groups is 2. The van der Waals surface area contributed by atoms with Crippen LogP contribution in [-0.4, -0.2) is 58.8 Å². The first-order valence-electron chi connectivity index (χ1n) is 6.86. The Kier molecular flexibility index (Phi) is 3.84. The van der Waals surface area contributed by atoms with Crippen LogP contribution in [0.4, 0.5) is 18.0 Å². The van der Waals surface area contributed by atoms with Crippen LogP contribution in [-0.2, 0) is 9.53 Å². The molecule has 0 spiro atoms. The summed E-state index contributed by atoms with van der Waals surface area (Å²) in [5.41, 5.74) is -0.657. The monoisotopic (exact) mass is 308 g/mol. The van der Waals surface area contributed by atoms with E-state index >= 15 is 0 Å². The second-order valence-electron chi connectivity index (χ2n) is 6.48. The fourth-order valence-corrected chi connectivity index (χ4v) is 2.86. The van der Waals surface area contributed by atoms with E-state index in [1.807, 2.05) is 0 Å². The molecule has 0 aliphatic carbocycles. The van der Waals surface area contributed by atoms with Crippen molar-refractivity contribution < 1.29 is 27.5 Å². The average Bonchev–Trinajstić information content (AvgIpc) is 2.56. The summed E-state index contributed by atoms with van der Waals surface area (Å²) in [6.45, 7) is 5.02. The minimum absolute atomic E-state index is 0.0892. The van der Waals surface area contributed by atoms with Crippen molar-refractivity contribution in [1.29, 1.82) is 0 Å². The Hall–Kier alpha value is -1.47. The van der Waals surface area contributed by atoms with E-state index in [1.54, 1.807) is 20.8 Å². The van der Waals surface area contributed by atoms with Gasteiger partial charge in [0.2, 0.25) is 0 Å². The molecule has 0 unspecified atom stereocenters. The molecule has 0 radical (unpaired) electrons. The number of fused-ring (bicyclic) bond motifs is 2. The lowest BCUT2D eigenvalue weighted by Gasteiger charge is -2.41. The fraction of sp³-hybridized carbons (Fsp3) is 0.846.